The van der Waals surface area contributed by atoms with Crippen LogP contribution in [-0.2, 0) is 4.79 Å². The third-order valence-corrected chi connectivity index (χ3v) is 5.91. The molecule has 0 spiro atoms. The predicted octanol–water partition coefficient (Wildman–Crippen LogP) is 3.62. The molecule has 3 aromatic rings. The monoisotopic (exact) mass is 509 g/mol. The molecule has 1 saturated heterocycles. The molecule has 1 aromatic carbocycles. The first-order chi connectivity index (χ1) is 17.9. The number of ether oxygens (including phenoxy) is 1. The van der Waals surface area contributed by atoms with Crippen LogP contribution in [0.3, 0.4) is 0 Å². The summed E-state index contributed by atoms with van der Waals surface area (Å²) in [5.74, 6) is 0.564. The molecule has 12 heteroatoms. The minimum atomic E-state index is -4.78. The van der Waals surface area contributed by atoms with E-state index in [0.717, 1.165) is 5.69 Å². The summed E-state index contributed by atoms with van der Waals surface area (Å²) in [6, 6.07) is 9.28. The number of carbonyl (C=O) groups is 1. The van der Waals surface area contributed by atoms with Crippen molar-refractivity contribution in [3.05, 3.63) is 66.5 Å². The normalized spacial score (nSPS) is 14.9. The predicted molar refractivity (Wildman–Crippen MR) is 132 cm³/mol. The number of piperazine rings is 1. The van der Waals surface area contributed by atoms with Crippen LogP contribution in [0.25, 0.3) is 17.5 Å². The number of amides is 1. The molecular formula is C25H22F3N7O2. The molecule has 0 aliphatic carbocycles. The lowest BCUT2D eigenvalue weighted by Gasteiger charge is -2.36. The van der Waals surface area contributed by atoms with Gasteiger partial charge < -0.3 is 19.9 Å². The number of nitrogens with zero attached hydrogens (tertiary/aromatic N) is 6. The van der Waals surface area contributed by atoms with Crippen LogP contribution < -0.4 is 15.0 Å². The van der Waals surface area contributed by atoms with E-state index in [1.54, 1.807) is 28.1 Å². The maximum atomic E-state index is 13.0. The fraction of sp³-hybridized carbons (Fsp3) is 0.240. The Morgan fingerprint density at radius 2 is 1.78 bits per heavy atom. The van der Waals surface area contributed by atoms with E-state index in [-0.39, 0.29) is 18.2 Å². The van der Waals surface area contributed by atoms with Crippen molar-refractivity contribution in [2.45, 2.75) is 6.36 Å². The average Bonchev–Trinajstić information content (AvgIpc) is 3.07. The summed E-state index contributed by atoms with van der Waals surface area (Å²) in [6.07, 6.45) is 3.35. The summed E-state index contributed by atoms with van der Waals surface area (Å²) in [5, 5.41) is 3.17. The number of halogens is 3. The molecule has 2 aromatic heterocycles. The Morgan fingerprint density at radius 3 is 2.49 bits per heavy atom. The minimum absolute atomic E-state index is 0.0113. The molecule has 0 unspecified atom stereocenters. The van der Waals surface area contributed by atoms with Crippen LogP contribution in [0.15, 0.2) is 65.7 Å². The van der Waals surface area contributed by atoms with Gasteiger partial charge in [0.15, 0.2) is 5.82 Å². The van der Waals surface area contributed by atoms with Crippen LogP contribution >= 0.6 is 0 Å². The van der Waals surface area contributed by atoms with E-state index >= 15 is 0 Å². The van der Waals surface area contributed by atoms with Crippen molar-refractivity contribution in [2.24, 2.45) is 4.99 Å². The van der Waals surface area contributed by atoms with Gasteiger partial charge in [-0.1, -0.05) is 5.73 Å². The first kappa shape index (κ1) is 24.1. The van der Waals surface area contributed by atoms with Crippen LogP contribution in [0.2, 0.25) is 0 Å². The largest absolute Gasteiger partial charge is 0.573 e. The molecule has 2 aliphatic heterocycles. The second-order valence-electron chi connectivity index (χ2n) is 8.24. The van der Waals surface area contributed by atoms with E-state index in [1.165, 1.54) is 36.7 Å². The lowest BCUT2D eigenvalue weighted by atomic mass is 10.1. The molecule has 9 nitrogen and oxygen atoms in total. The molecule has 1 N–H and O–H groups in total. The van der Waals surface area contributed by atoms with Crippen molar-refractivity contribution >= 4 is 29.8 Å². The highest BCUT2D eigenvalue weighted by Gasteiger charge is 2.31. The van der Waals surface area contributed by atoms with E-state index in [1.807, 2.05) is 12.1 Å². The number of anilines is 2. The van der Waals surface area contributed by atoms with Gasteiger partial charge >= 0.3 is 6.36 Å². The van der Waals surface area contributed by atoms with Gasteiger partial charge in [-0.2, -0.15) is 0 Å². The van der Waals surface area contributed by atoms with Gasteiger partial charge in [-0.05, 0) is 36.4 Å². The van der Waals surface area contributed by atoms with Gasteiger partial charge in [-0.3, -0.25) is 19.3 Å². The summed E-state index contributed by atoms with van der Waals surface area (Å²) in [4.78, 5) is 29.7. The second-order valence-corrected chi connectivity index (χ2v) is 8.24. The summed E-state index contributed by atoms with van der Waals surface area (Å²) >= 11 is 0. The van der Waals surface area contributed by atoms with Crippen molar-refractivity contribution in [3.8, 4) is 17.0 Å². The van der Waals surface area contributed by atoms with Gasteiger partial charge in [0.2, 0.25) is 5.91 Å². The van der Waals surface area contributed by atoms with Gasteiger partial charge in [0.1, 0.15) is 17.3 Å². The maximum absolute atomic E-state index is 13.0. The molecule has 4 heterocycles. The fourth-order valence-electron chi connectivity index (χ4n) is 4.15. The molecule has 2 aliphatic rings. The molecule has 1 fully saturated rings. The summed E-state index contributed by atoms with van der Waals surface area (Å²) in [5.41, 5.74) is 4.97. The molecule has 1 amide bonds. The Hall–Kier alpha value is -4.57. The zero-order valence-corrected chi connectivity index (χ0v) is 19.5. The number of benzene rings is 1. The Kier molecular flexibility index (Phi) is 6.65. The zero-order chi connectivity index (χ0) is 25.8. The van der Waals surface area contributed by atoms with Crippen LogP contribution in [0.4, 0.5) is 24.7 Å². The number of pyridine rings is 1. The number of fused-ring (bicyclic) bond motifs is 1. The Morgan fingerprint density at radius 1 is 1.05 bits per heavy atom. The SMILES string of the molecule is O=C(CNc1c(-c2ccc(OC(F)(F)F)cc2)nc2n1C=C=CN=C2)N1CCN(c2ccncc2)CC1. The Balaban J connectivity index is 1.31. The van der Waals surface area contributed by atoms with E-state index in [9.17, 15) is 18.0 Å². The second kappa shape index (κ2) is 10.2. The highest BCUT2D eigenvalue weighted by Crippen LogP contribution is 2.31. The molecule has 0 atom stereocenters. The quantitative estimate of drug-likeness (QED) is 0.511. The molecule has 0 bridgehead atoms. The third-order valence-electron chi connectivity index (χ3n) is 5.91. The van der Waals surface area contributed by atoms with Gasteiger partial charge in [0.25, 0.3) is 0 Å². The van der Waals surface area contributed by atoms with Crippen molar-refractivity contribution < 1.29 is 22.7 Å². The van der Waals surface area contributed by atoms with E-state index in [0.29, 0.717) is 49.1 Å². The molecule has 5 rings (SSSR count). The first-order valence-corrected chi connectivity index (χ1v) is 11.5. The van der Waals surface area contributed by atoms with E-state index < -0.39 is 6.36 Å². The minimum Gasteiger partial charge on any atom is -0.406 e. The maximum Gasteiger partial charge on any atom is 0.573 e. The Labute approximate surface area is 210 Å². The highest BCUT2D eigenvalue weighted by molar-refractivity contribution is 5.87. The molecular weight excluding hydrogens is 487 g/mol. The fourth-order valence-corrected chi connectivity index (χ4v) is 4.15. The van der Waals surface area contributed by atoms with Crippen molar-refractivity contribution in [2.75, 3.05) is 42.9 Å². The van der Waals surface area contributed by atoms with Crippen molar-refractivity contribution in [1.82, 2.24) is 19.4 Å². The summed E-state index contributed by atoms with van der Waals surface area (Å²) in [7, 11) is 0. The number of hydrogen-bond donors (Lipinski definition) is 1. The number of aromatic nitrogens is 3. The number of aliphatic imine (C=N–C) groups is 1. The van der Waals surface area contributed by atoms with E-state index in [4.69, 9.17) is 0 Å². The lowest BCUT2D eigenvalue weighted by Crippen LogP contribution is -2.50. The molecule has 0 saturated carbocycles. The zero-order valence-electron chi connectivity index (χ0n) is 19.5. The van der Waals surface area contributed by atoms with Crippen LogP contribution in [0.5, 0.6) is 5.75 Å². The number of nitrogens with one attached hydrogen (secondary N) is 1. The van der Waals surface area contributed by atoms with E-state index in [2.05, 4.69) is 35.6 Å². The van der Waals surface area contributed by atoms with Gasteiger partial charge in [-0.25, -0.2) is 4.98 Å². The Bertz CT molecular complexity index is 1350. The topological polar surface area (TPSA) is 87.9 Å². The standard InChI is InChI=1S/C25H22F3N7O2/c26-25(27,28)37-20-4-2-18(3-5-20)23-24(35-11-1-8-30-16-21(35)32-23)31-17-22(36)34-14-12-33(13-15-34)19-6-9-29-10-7-19/h2-11,16,31H,12-15,17H2. The molecule has 37 heavy (non-hydrogen) atoms. The molecule has 190 valence electrons. The first-order valence-electron chi connectivity index (χ1n) is 11.5. The lowest BCUT2D eigenvalue weighted by molar-refractivity contribution is -0.274. The number of alkyl halides is 3. The summed E-state index contributed by atoms with van der Waals surface area (Å²) < 4.78 is 43.3. The number of carbonyl (C=O) groups excluding carboxylic acids is 1. The highest BCUT2D eigenvalue weighted by atomic mass is 19.4. The third kappa shape index (κ3) is 5.65. The van der Waals surface area contributed by atoms with Crippen LogP contribution in [0.1, 0.15) is 5.82 Å². The smallest absolute Gasteiger partial charge is 0.406 e. The number of imidazole rings is 1. The number of hydrogen-bond acceptors (Lipinski definition) is 7. The number of rotatable bonds is 6. The van der Waals surface area contributed by atoms with Gasteiger partial charge in [0, 0.05) is 49.8 Å². The van der Waals surface area contributed by atoms with Crippen molar-refractivity contribution in [3.63, 3.8) is 0 Å². The van der Waals surface area contributed by atoms with Crippen LogP contribution in [0, 0.1) is 0 Å². The van der Waals surface area contributed by atoms with Crippen molar-refractivity contribution in [1.29, 1.82) is 0 Å². The van der Waals surface area contributed by atoms with Gasteiger partial charge in [-0.15, -0.1) is 13.2 Å². The van der Waals surface area contributed by atoms with Crippen LogP contribution in [-0.4, -0.2) is 70.6 Å². The molecule has 0 radical (unpaired) electrons. The summed E-state index contributed by atoms with van der Waals surface area (Å²) in [6.45, 7) is 2.59. The van der Waals surface area contributed by atoms with Gasteiger partial charge in [0.05, 0.1) is 25.2 Å². The average molecular weight is 509 g/mol.